The topological polar surface area (TPSA) is 61.4 Å². The Morgan fingerprint density at radius 2 is 2.05 bits per heavy atom. The molecule has 3 aromatic rings. The molecule has 2 aromatic heterocycles. The standard InChI is InChI=1S/C13H11BrN4O2/c14-10-1-3-11(4-2-10)20-8-7-18-13(19)17-6-5-15-9-12(17)16-18/h1-6,9H,7-8H2. The predicted molar refractivity (Wildman–Crippen MR) is 76.9 cm³/mol. The average molecular weight is 335 g/mol. The summed E-state index contributed by atoms with van der Waals surface area (Å²) in [6.45, 7) is 0.759. The van der Waals surface area contributed by atoms with Gasteiger partial charge in [-0.15, -0.1) is 5.10 Å². The van der Waals surface area contributed by atoms with Crippen LogP contribution >= 0.6 is 15.9 Å². The second-order valence-electron chi connectivity index (χ2n) is 4.11. The SMILES string of the molecule is O=c1n(CCOc2ccc(Br)cc2)nc2cnccn12. The molecule has 0 amide bonds. The van der Waals surface area contributed by atoms with Crippen molar-refractivity contribution < 1.29 is 4.74 Å². The normalized spacial score (nSPS) is 10.8. The highest BCUT2D eigenvalue weighted by Gasteiger charge is 2.05. The summed E-state index contributed by atoms with van der Waals surface area (Å²) in [5.74, 6) is 0.756. The molecule has 0 radical (unpaired) electrons. The van der Waals surface area contributed by atoms with E-state index in [-0.39, 0.29) is 5.69 Å². The van der Waals surface area contributed by atoms with Gasteiger partial charge in [0.15, 0.2) is 5.65 Å². The number of benzene rings is 1. The highest BCUT2D eigenvalue weighted by Crippen LogP contribution is 2.15. The first kappa shape index (κ1) is 12.9. The van der Waals surface area contributed by atoms with Crippen LogP contribution in [0.2, 0.25) is 0 Å². The van der Waals surface area contributed by atoms with Crippen LogP contribution in [0.3, 0.4) is 0 Å². The number of hydrogen-bond acceptors (Lipinski definition) is 4. The molecular formula is C13H11BrN4O2. The monoisotopic (exact) mass is 334 g/mol. The van der Waals surface area contributed by atoms with Gasteiger partial charge in [0, 0.05) is 16.9 Å². The van der Waals surface area contributed by atoms with Gasteiger partial charge in [-0.3, -0.25) is 4.98 Å². The van der Waals surface area contributed by atoms with Crippen LogP contribution in [0.25, 0.3) is 5.65 Å². The number of halogens is 1. The zero-order valence-corrected chi connectivity index (χ0v) is 12.0. The Labute approximate surface area is 122 Å². The van der Waals surface area contributed by atoms with E-state index in [9.17, 15) is 4.79 Å². The molecule has 2 heterocycles. The maximum atomic E-state index is 12.0. The fourth-order valence-electron chi connectivity index (χ4n) is 1.81. The summed E-state index contributed by atoms with van der Waals surface area (Å²) in [4.78, 5) is 15.9. The van der Waals surface area contributed by atoms with Crippen molar-refractivity contribution in [3.63, 3.8) is 0 Å². The molecule has 0 saturated heterocycles. The fraction of sp³-hybridized carbons (Fsp3) is 0.154. The van der Waals surface area contributed by atoms with Crippen molar-refractivity contribution in [1.82, 2.24) is 19.2 Å². The number of aromatic nitrogens is 4. The third-order valence-corrected chi connectivity index (χ3v) is 3.30. The molecule has 0 aliphatic rings. The molecule has 6 nitrogen and oxygen atoms in total. The number of rotatable bonds is 4. The van der Waals surface area contributed by atoms with E-state index in [2.05, 4.69) is 26.0 Å². The minimum atomic E-state index is -0.193. The molecule has 102 valence electrons. The minimum Gasteiger partial charge on any atom is -0.492 e. The first-order chi connectivity index (χ1) is 9.74. The average Bonchev–Trinajstić information content (AvgIpc) is 2.78. The van der Waals surface area contributed by atoms with Crippen molar-refractivity contribution in [3.8, 4) is 5.75 Å². The van der Waals surface area contributed by atoms with Gasteiger partial charge in [-0.2, -0.15) is 0 Å². The van der Waals surface area contributed by atoms with Gasteiger partial charge in [0.25, 0.3) is 0 Å². The van der Waals surface area contributed by atoms with E-state index in [1.807, 2.05) is 24.3 Å². The molecule has 0 fully saturated rings. The van der Waals surface area contributed by atoms with Crippen LogP contribution < -0.4 is 10.4 Å². The molecule has 7 heteroatoms. The van der Waals surface area contributed by atoms with Crippen molar-refractivity contribution in [2.24, 2.45) is 0 Å². The third kappa shape index (κ3) is 2.57. The minimum absolute atomic E-state index is 0.193. The molecule has 20 heavy (non-hydrogen) atoms. The molecule has 0 aliphatic carbocycles. The van der Waals surface area contributed by atoms with Gasteiger partial charge in [-0.05, 0) is 24.3 Å². The first-order valence-electron chi connectivity index (χ1n) is 6.01. The molecule has 0 spiro atoms. The summed E-state index contributed by atoms with van der Waals surface area (Å²) in [5, 5.41) is 4.17. The summed E-state index contributed by atoms with van der Waals surface area (Å²) in [6.07, 6.45) is 4.70. The molecular weight excluding hydrogens is 324 g/mol. The zero-order chi connectivity index (χ0) is 13.9. The Morgan fingerprint density at radius 3 is 2.80 bits per heavy atom. The van der Waals surface area contributed by atoms with Gasteiger partial charge in [0.2, 0.25) is 0 Å². The van der Waals surface area contributed by atoms with Crippen LogP contribution in [0.5, 0.6) is 5.75 Å². The lowest BCUT2D eigenvalue weighted by atomic mass is 10.3. The Kier molecular flexibility index (Phi) is 3.51. The summed E-state index contributed by atoms with van der Waals surface area (Å²) in [5.41, 5.74) is 0.336. The molecule has 0 atom stereocenters. The molecule has 0 N–H and O–H groups in total. The highest BCUT2D eigenvalue weighted by molar-refractivity contribution is 9.10. The quantitative estimate of drug-likeness (QED) is 0.729. The van der Waals surface area contributed by atoms with Crippen LogP contribution in [0.15, 0.2) is 52.1 Å². The molecule has 0 aliphatic heterocycles. The van der Waals surface area contributed by atoms with Crippen LogP contribution in [-0.2, 0) is 6.54 Å². The van der Waals surface area contributed by atoms with Gasteiger partial charge < -0.3 is 4.74 Å². The largest absolute Gasteiger partial charge is 0.492 e. The summed E-state index contributed by atoms with van der Waals surface area (Å²) >= 11 is 3.36. The Hall–Kier alpha value is -2.15. The van der Waals surface area contributed by atoms with Gasteiger partial charge >= 0.3 is 5.69 Å². The molecule has 0 bridgehead atoms. The molecule has 3 rings (SSSR count). The summed E-state index contributed by atoms with van der Waals surface area (Å²) in [6, 6.07) is 7.52. The Morgan fingerprint density at radius 1 is 1.25 bits per heavy atom. The van der Waals surface area contributed by atoms with Crippen LogP contribution in [-0.4, -0.2) is 25.8 Å². The van der Waals surface area contributed by atoms with Gasteiger partial charge in [0.05, 0.1) is 12.7 Å². The number of fused-ring (bicyclic) bond motifs is 1. The zero-order valence-electron chi connectivity index (χ0n) is 10.4. The molecule has 0 unspecified atom stereocenters. The number of hydrogen-bond donors (Lipinski definition) is 0. The smallest absolute Gasteiger partial charge is 0.350 e. The van der Waals surface area contributed by atoms with E-state index in [0.29, 0.717) is 18.8 Å². The van der Waals surface area contributed by atoms with Crippen molar-refractivity contribution in [2.45, 2.75) is 6.54 Å². The van der Waals surface area contributed by atoms with E-state index in [1.54, 1.807) is 18.6 Å². The maximum absolute atomic E-state index is 12.0. The van der Waals surface area contributed by atoms with Crippen LogP contribution in [0, 0.1) is 0 Å². The lowest BCUT2D eigenvalue weighted by Gasteiger charge is -2.05. The van der Waals surface area contributed by atoms with Crippen LogP contribution in [0.1, 0.15) is 0 Å². The maximum Gasteiger partial charge on any atom is 0.350 e. The van der Waals surface area contributed by atoms with E-state index in [1.165, 1.54) is 9.08 Å². The lowest BCUT2D eigenvalue weighted by Crippen LogP contribution is -2.23. The summed E-state index contributed by atoms with van der Waals surface area (Å²) in [7, 11) is 0. The van der Waals surface area contributed by atoms with Crippen LogP contribution in [0.4, 0.5) is 0 Å². The fourth-order valence-corrected chi connectivity index (χ4v) is 2.07. The van der Waals surface area contributed by atoms with Crippen molar-refractivity contribution in [2.75, 3.05) is 6.61 Å². The van der Waals surface area contributed by atoms with Crippen molar-refractivity contribution >= 4 is 21.6 Å². The first-order valence-corrected chi connectivity index (χ1v) is 6.81. The van der Waals surface area contributed by atoms with Crippen molar-refractivity contribution in [1.29, 1.82) is 0 Å². The van der Waals surface area contributed by atoms with Crippen molar-refractivity contribution in [3.05, 3.63) is 57.8 Å². The van der Waals surface area contributed by atoms with Gasteiger partial charge in [0.1, 0.15) is 12.4 Å². The number of ether oxygens (including phenoxy) is 1. The second kappa shape index (κ2) is 5.46. The number of nitrogens with zero attached hydrogens (tertiary/aromatic N) is 4. The highest BCUT2D eigenvalue weighted by atomic mass is 79.9. The van der Waals surface area contributed by atoms with E-state index in [4.69, 9.17) is 4.74 Å². The molecule has 0 saturated carbocycles. The Balaban J connectivity index is 1.69. The third-order valence-electron chi connectivity index (χ3n) is 2.77. The predicted octanol–water partition coefficient (Wildman–Crippen LogP) is 1.73. The van der Waals surface area contributed by atoms with Gasteiger partial charge in [-0.1, -0.05) is 15.9 Å². The summed E-state index contributed by atoms with van der Waals surface area (Å²) < 4.78 is 9.39. The van der Waals surface area contributed by atoms with E-state index < -0.39 is 0 Å². The Bertz CT molecular complexity index is 779. The lowest BCUT2D eigenvalue weighted by molar-refractivity contribution is 0.289. The second-order valence-corrected chi connectivity index (χ2v) is 5.03. The van der Waals surface area contributed by atoms with E-state index in [0.717, 1.165) is 10.2 Å². The van der Waals surface area contributed by atoms with E-state index >= 15 is 0 Å². The molecule has 1 aromatic carbocycles. The van der Waals surface area contributed by atoms with Gasteiger partial charge in [-0.25, -0.2) is 13.9 Å².